The fourth-order valence-corrected chi connectivity index (χ4v) is 0.848. The predicted molar refractivity (Wildman–Crippen MR) is 38.4 cm³/mol. The Labute approximate surface area is 68.1 Å². The highest BCUT2D eigenvalue weighted by molar-refractivity contribution is 6.01. The molecule has 0 atom stereocenters. The lowest BCUT2D eigenvalue weighted by atomic mass is 10.1. The van der Waals surface area contributed by atoms with Gasteiger partial charge < -0.3 is 5.11 Å². The molecule has 1 N–H and O–H groups in total. The zero-order valence-electron chi connectivity index (χ0n) is 5.98. The molecule has 0 fully saturated rings. The lowest BCUT2D eigenvalue weighted by molar-refractivity contribution is 0.0557. The van der Waals surface area contributed by atoms with Gasteiger partial charge in [0.2, 0.25) is 0 Å². The number of carboxylic acid groups (broad SMARTS) is 1. The van der Waals surface area contributed by atoms with E-state index in [4.69, 9.17) is 5.11 Å². The first-order chi connectivity index (χ1) is 5.63. The van der Waals surface area contributed by atoms with Crippen molar-refractivity contribution < 1.29 is 19.8 Å². The Balaban J connectivity index is 3.27. The van der Waals surface area contributed by atoms with Crippen LogP contribution in [-0.2, 0) is 5.11 Å². The molecule has 1 rings (SSSR count). The number of hydrogen-bond acceptors (Lipinski definition) is 2. The van der Waals surface area contributed by atoms with Crippen LogP contribution in [0.3, 0.4) is 0 Å². The molecular formula is C8H5O4. The average molecular weight is 165 g/mol. The minimum Gasteiger partial charge on any atom is -0.478 e. The maximum Gasteiger partial charge on any atom is 0.387 e. The van der Waals surface area contributed by atoms with Gasteiger partial charge in [-0.2, -0.15) is 0 Å². The zero-order chi connectivity index (χ0) is 9.14. The van der Waals surface area contributed by atoms with E-state index >= 15 is 0 Å². The molecule has 61 valence electrons. The summed E-state index contributed by atoms with van der Waals surface area (Å²) in [5.74, 6) is -2.75. The molecule has 0 aliphatic rings. The Morgan fingerprint density at radius 2 is 1.58 bits per heavy atom. The van der Waals surface area contributed by atoms with Crippen molar-refractivity contribution in [3.63, 3.8) is 0 Å². The van der Waals surface area contributed by atoms with Crippen molar-refractivity contribution >= 4 is 11.9 Å². The third kappa shape index (κ3) is 1.42. The van der Waals surface area contributed by atoms with Crippen molar-refractivity contribution in [2.45, 2.75) is 0 Å². The van der Waals surface area contributed by atoms with Gasteiger partial charge in [0.05, 0.1) is 11.1 Å². The smallest absolute Gasteiger partial charge is 0.387 e. The number of rotatable bonds is 2. The molecule has 0 saturated carbocycles. The van der Waals surface area contributed by atoms with E-state index in [9.17, 15) is 14.7 Å². The topological polar surface area (TPSA) is 74.3 Å². The van der Waals surface area contributed by atoms with E-state index in [-0.39, 0.29) is 11.1 Å². The molecule has 0 spiro atoms. The van der Waals surface area contributed by atoms with Crippen molar-refractivity contribution in [1.82, 2.24) is 0 Å². The van der Waals surface area contributed by atoms with Crippen LogP contribution in [0.15, 0.2) is 24.3 Å². The summed E-state index contributed by atoms with van der Waals surface area (Å²) in [5.41, 5.74) is -0.553. The van der Waals surface area contributed by atoms with Gasteiger partial charge in [-0.3, -0.25) is 0 Å². The van der Waals surface area contributed by atoms with E-state index < -0.39 is 11.9 Å². The van der Waals surface area contributed by atoms with Crippen molar-refractivity contribution in [1.29, 1.82) is 0 Å². The molecule has 0 unspecified atom stereocenters. The van der Waals surface area contributed by atoms with Crippen LogP contribution < -0.4 is 0 Å². The monoisotopic (exact) mass is 165 g/mol. The number of hydrogen-bond donors (Lipinski definition) is 1. The highest BCUT2D eigenvalue weighted by Crippen LogP contribution is 2.08. The van der Waals surface area contributed by atoms with Crippen LogP contribution in [0.25, 0.3) is 0 Å². The first kappa shape index (κ1) is 8.26. The number of carbonyl (C=O) groups excluding carboxylic acids is 1. The molecule has 0 aromatic heterocycles. The van der Waals surface area contributed by atoms with E-state index in [1.165, 1.54) is 24.3 Å². The van der Waals surface area contributed by atoms with E-state index in [1.807, 2.05) is 0 Å². The fraction of sp³-hybridized carbons (Fsp3) is 0. The molecule has 0 bridgehead atoms. The molecule has 0 aliphatic carbocycles. The van der Waals surface area contributed by atoms with E-state index in [0.29, 0.717) is 0 Å². The summed E-state index contributed by atoms with van der Waals surface area (Å²) in [6, 6.07) is 5.31. The molecular weight excluding hydrogens is 160 g/mol. The van der Waals surface area contributed by atoms with Gasteiger partial charge in [0.1, 0.15) is 0 Å². The summed E-state index contributed by atoms with van der Waals surface area (Å²) in [5, 5.41) is 18.9. The Morgan fingerprint density at radius 3 is 1.92 bits per heavy atom. The highest BCUT2D eigenvalue weighted by Gasteiger charge is 2.15. The number of carbonyl (C=O) groups is 2. The number of benzene rings is 1. The summed E-state index contributed by atoms with van der Waals surface area (Å²) in [6.45, 7) is 0. The van der Waals surface area contributed by atoms with Crippen LogP contribution in [0.5, 0.6) is 0 Å². The average Bonchev–Trinajstić information content (AvgIpc) is 2.04. The molecule has 0 aliphatic heterocycles. The molecule has 4 nitrogen and oxygen atoms in total. The minimum atomic E-state index is -1.48. The molecule has 0 saturated heterocycles. The van der Waals surface area contributed by atoms with E-state index in [2.05, 4.69) is 0 Å². The summed E-state index contributed by atoms with van der Waals surface area (Å²) in [7, 11) is 0. The van der Waals surface area contributed by atoms with Crippen LogP contribution in [-0.4, -0.2) is 17.0 Å². The van der Waals surface area contributed by atoms with Gasteiger partial charge in [-0.05, 0) is 12.1 Å². The van der Waals surface area contributed by atoms with Gasteiger partial charge in [0, 0.05) is 0 Å². The van der Waals surface area contributed by atoms with Crippen LogP contribution in [0.2, 0.25) is 0 Å². The first-order valence-corrected chi connectivity index (χ1v) is 3.16. The van der Waals surface area contributed by atoms with Crippen LogP contribution in [0.4, 0.5) is 0 Å². The quantitative estimate of drug-likeness (QED) is 0.708. The molecule has 12 heavy (non-hydrogen) atoms. The molecule has 4 heteroatoms. The molecule has 0 amide bonds. The standard InChI is InChI=1S/C8H5O4/c9-7(10)5-3-1-2-4-6(5)8(11)12/h1-4H,(H,9,10). The predicted octanol–water partition coefficient (Wildman–Crippen LogP) is 0.956. The lowest BCUT2D eigenvalue weighted by Gasteiger charge is -1.96. The lowest BCUT2D eigenvalue weighted by Crippen LogP contribution is -2.06. The second-order valence-corrected chi connectivity index (χ2v) is 2.14. The Hall–Kier alpha value is -1.84. The molecule has 1 aromatic rings. The van der Waals surface area contributed by atoms with Gasteiger partial charge in [-0.1, -0.05) is 12.1 Å². The maximum atomic E-state index is 10.4. The van der Waals surface area contributed by atoms with Crippen molar-refractivity contribution in [3.8, 4) is 0 Å². The number of aromatic carboxylic acids is 1. The highest BCUT2D eigenvalue weighted by atomic mass is 16.4. The summed E-state index contributed by atoms with van der Waals surface area (Å²) in [4.78, 5) is 20.8. The largest absolute Gasteiger partial charge is 0.478 e. The van der Waals surface area contributed by atoms with Gasteiger partial charge in [0.15, 0.2) is 0 Å². The number of carboxylic acids is 1. The SMILES string of the molecule is [O]C(=O)c1ccccc1C(=O)O. The van der Waals surface area contributed by atoms with Crippen molar-refractivity contribution in [2.75, 3.05) is 0 Å². The Bertz CT molecular complexity index is 297. The third-order valence-corrected chi connectivity index (χ3v) is 1.38. The maximum absolute atomic E-state index is 10.4. The van der Waals surface area contributed by atoms with Gasteiger partial charge in [0.25, 0.3) is 0 Å². The van der Waals surface area contributed by atoms with Crippen LogP contribution in [0.1, 0.15) is 20.7 Å². The summed E-state index contributed by atoms with van der Waals surface area (Å²) in [6.07, 6.45) is 0. The summed E-state index contributed by atoms with van der Waals surface area (Å²) < 4.78 is 0. The van der Waals surface area contributed by atoms with E-state index in [0.717, 1.165) is 0 Å². The minimum absolute atomic E-state index is 0.252. The van der Waals surface area contributed by atoms with Gasteiger partial charge in [-0.15, -0.1) is 0 Å². The molecule has 1 radical (unpaired) electrons. The van der Waals surface area contributed by atoms with E-state index in [1.54, 1.807) is 0 Å². The fourth-order valence-electron chi connectivity index (χ4n) is 0.848. The summed E-state index contributed by atoms with van der Waals surface area (Å²) >= 11 is 0. The zero-order valence-corrected chi connectivity index (χ0v) is 5.98. The normalized spacial score (nSPS) is 9.33. The molecule has 0 heterocycles. The van der Waals surface area contributed by atoms with Crippen LogP contribution in [0, 0.1) is 0 Å². The van der Waals surface area contributed by atoms with Crippen molar-refractivity contribution in [3.05, 3.63) is 35.4 Å². The Kier molecular flexibility index (Phi) is 2.09. The second kappa shape index (κ2) is 3.04. The molecule has 1 aromatic carbocycles. The van der Waals surface area contributed by atoms with Crippen molar-refractivity contribution in [2.24, 2.45) is 0 Å². The first-order valence-electron chi connectivity index (χ1n) is 3.16. The second-order valence-electron chi connectivity index (χ2n) is 2.14. The third-order valence-electron chi connectivity index (χ3n) is 1.38. The Morgan fingerprint density at radius 1 is 1.08 bits per heavy atom. The van der Waals surface area contributed by atoms with Gasteiger partial charge >= 0.3 is 11.9 Å². The van der Waals surface area contributed by atoms with Gasteiger partial charge in [-0.25, -0.2) is 14.7 Å². The van der Waals surface area contributed by atoms with Crippen LogP contribution >= 0.6 is 0 Å².